The van der Waals surface area contributed by atoms with Crippen molar-refractivity contribution in [3.8, 4) is 0 Å². The Bertz CT molecular complexity index is 214. The highest BCUT2D eigenvalue weighted by Crippen LogP contribution is 2.16. The van der Waals surface area contributed by atoms with Crippen molar-refractivity contribution in [2.24, 2.45) is 10.4 Å². The van der Waals surface area contributed by atoms with Crippen molar-refractivity contribution in [2.75, 3.05) is 7.05 Å². The monoisotopic (exact) mass is 179 g/mol. The smallest absolute Gasteiger partial charge is 0.0398 e. The van der Waals surface area contributed by atoms with Crippen LogP contribution in [0.3, 0.4) is 0 Å². The molecule has 0 bridgehead atoms. The fourth-order valence-electron chi connectivity index (χ4n) is 1.02. The van der Waals surface area contributed by atoms with Gasteiger partial charge in [-0.05, 0) is 12.5 Å². The van der Waals surface area contributed by atoms with E-state index in [0.29, 0.717) is 0 Å². The first-order valence-corrected chi connectivity index (χ1v) is 4.82. The van der Waals surface area contributed by atoms with E-state index < -0.39 is 0 Å². The SMILES string of the molecule is CC/C=C/C=C\C(=N/C)C(C)(C)C. The van der Waals surface area contributed by atoms with Gasteiger partial charge in [0.05, 0.1) is 0 Å². The van der Waals surface area contributed by atoms with Crippen LogP contribution in [-0.4, -0.2) is 12.8 Å². The largest absolute Gasteiger partial charge is 0.293 e. The first-order chi connectivity index (χ1) is 6.02. The highest BCUT2D eigenvalue weighted by molar-refractivity contribution is 5.99. The van der Waals surface area contributed by atoms with Gasteiger partial charge in [0.1, 0.15) is 0 Å². The number of nitrogens with zero attached hydrogens (tertiary/aromatic N) is 1. The van der Waals surface area contributed by atoms with Crippen LogP contribution in [0.5, 0.6) is 0 Å². The predicted octanol–water partition coefficient (Wildman–Crippen LogP) is 3.63. The van der Waals surface area contributed by atoms with Gasteiger partial charge in [0.15, 0.2) is 0 Å². The molecule has 0 saturated heterocycles. The summed E-state index contributed by atoms with van der Waals surface area (Å²) in [5.74, 6) is 0. The topological polar surface area (TPSA) is 12.4 Å². The molecular formula is C12H21N. The molecule has 0 unspecified atom stereocenters. The Kier molecular flexibility index (Phi) is 5.36. The zero-order valence-corrected chi connectivity index (χ0v) is 9.46. The van der Waals surface area contributed by atoms with Gasteiger partial charge in [0.2, 0.25) is 0 Å². The number of hydrogen-bond acceptors (Lipinski definition) is 1. The lowest BCUT2D eigenvalue weighted by atomic mass is 9.89. The summed E-state index contributed by atoms with van der Waals surface area (Å²) in [5.41, 5.74) is 1.28. The molecule has 1 heteroatoms. The van der Waals surface area contributed by atoms with Crippen LogP contribution in [0, 0.1) is 5.41 Å². The van der Waals surface area contributed by atoms with E-state index in [1.54, 1.807) is 0 Å². The summed E-state index contributed by atoms with van der Waals surface area (Å²) < 4.78 is 0. The highest BCUT2D eigenvalue weighted by Gasteiger charge is 2.14. The molecule has 13 heavy (non-hydrogen) atoms. The van der Waals surface area contributed by atoms with Gasteiger partial charge < -0.3 is 0 Å². The number of hydrogen-bond donors (Lipinski definition) is 0. The van der Waals surface area contributed by atoms with Crippen LogP contribution >= 0.6 is 0 Å². The van der Waals surface area contributed by atoms with Crippen molar-refractivity contribution in [3.63, 3.8) is 0 Å². The maximum Gasteiger partial charge on any atom is 0.0398 e. The van der Waals surface area contributed by atoms with E-state index in [4.69, 9.17) is 0 Å². The van der Waals surface area contributed by atoms with Crippen LogP contribution < -0.4 is 0 Å². The minimum Gasteiger partial charge on any atom is -0.293 e. The molecule has 1 nitrogen and oxygen atoms in total. The summed E-state index contributed by atoms with van der Waals surface area (Å²) >= 11 is 0. The molecule has 0 amide bonds. The Balaban J connectivity index is 4.32. The summed E-state index contributed by atoms with van der Waals surface area (Å²) in [6, 6.07) is 0. The quantitative estimate of drug-likeness (QED) is 0.463. The highest BCUT2D eigenvalue weighted by atomic mass is 14.7. The third-order valence-electron chi connectivity index (χ3n) is 1.75. The van der Waals surface area contributed by atoms with E-state index in [1.165, 1.54) is 0 Å². The summed E-state index contributed by atoms with van der Waals surface area (Å²) in [6.07, 6.45) is 9.41. The summed E-state index contributed by atoms with van der Waals surface area (Å²) in [7, 11) is 1.84. The zero-order valence-electron chi connectivity index (χ0n) is 9.46. The summed E-state index contributed by atoms with van der Waals surface area (Å²) in [4.78, 5) is 4.25. The second-order valence-corrected chi connectivity index (χ2v) is 4.05. The fraction of sp³-hybridized carbons (Fsp3) is 0.583. The Labute approximate surface area is 82.3 Å². The normalized spacial score (nSPS) is 14.7. The van der Waals surface area contributed by atoms with Gasteiger partial charge in [0.25, 0.3) is 0 Å². The summed E-state index contributed by atoms with van der Waals surface area (Å²) in [6.45, 7) is 8.64. The van der Waals surface area contributed by atoms with Crippen LogP contribution in [0.15, 0.2) is 29.3 Å². The Hall–Kier alpha value is -0.850. The lowest BCUT2D eigenvalue weighted by molar-refractivity contribution is 0.593. The zero-order chi connectivity index (χ0) is 10.3. The predicted molar refractivity (Wildman–Crippen MR) is 61.4 cm³/mol. The van der Waals surface area contributed by atoms with Gasteiger partial charge >= 0.3 is 0 Å². The standard InChI is InChI=1S/C12H21N/c1-6-7-8-9-10-11(13-5)12(2,3)4/h7-10H,6H2,1-5H3/b8-7+,10-9-,13-11+. The van der Waals surface area contributed by atoms with Crippen LogP contribution in [0.1, 0.15) is 34.1 Å². The van der Waals surface area contributed by atoms with Gasteiger partial charge in [-0.2, -0.15) is 0 Å². The first kappa shape index (κ1) is 12.2. The maximum atomic E-state index is 4.25. The molecule has 0 spiro atoms. The van der Waals surface area contributed by atoms with E-state index in [2.05, 4.69) is 57.0 Å². The van der Waals surface area contributed by atoms with Crippen LogP contribution in [0.25, 0.3) is 0 Å². The molecular weight excluding hydrogens is 158 g/mol. The molecule has 0 aliphatic heterocycles. The third kappa shape index (κ3) is 5.40. The van der Waals surface area contributed by atoms with Gasteiger partial charge in [-0.1, -0.05) is 45.9 Å². The maximum absolute atomic E-state index is 4.25. The van der Waals surface area contributed by atoms with Crippen molar-refractivity contribution in [3.05, 3.63) is 24.3 Å². The Morgan fingerprint density at radius 3 is 2.23 bits per heavy atom. The van der Waals surface area contributed by atoms with Crippen LogP contribution in [0.2, 0.25) is 0 Å². The average molecular weight is 179 g/mol. The average Bonchev–Trinajstić information content (AvgIpc) is 2.02. The van der Waals surface area contributed by atoms with E-state index in [1.807, 2.05) is 7.05 Å². The van der Waals surface area contributed by atoms with Gasteiger partial charge in [-0.25, -0.2) is 0 Å². The molecule has 0 aromatic rings. The van der Waals surface area contributed by atoms with Crippen molar-refractivity contribution < 1.29 is 0 Å². The molecule has 0 fully saturated rings. The number of rotatable bonds is 3. The Morgan fingerprint density at radius 2 is 1.85 bits per heavy atom. The second kappa shape index (κ2) is 5.74. The molecule has 0 atom stereocenters. The molecule has 74 valence electrons. The summed E-state index contributed by atoms with van der Waals surface area (Å²) in [5, 5.41) is 0. The number of allylic oxidation sites excluding steroid dienone is 4. The molecule has 0 aromatic heterocycles. The third-order valence-corrected chi connectivity index (χ3v) is 1.75. The Morgan fingerprint density at radius 1 is 1.23 bits per heavy atom. The van der Waals surface area contributed by atoms with E-state index in [9.17, 15) is 0 Å². The minimum atomic E-state index is 0.144. The van der Waals surface area contributed by atoms with Gasteiger partial charge in [0, 0.05) is 18.2 Å². The lowest BCUT2D eigenvalue weighted by Crippen LogP contribution is -2.17. The van der Waals surface area contributed by atoms with E-state index >= 15 is 0 Å². The molecule has 0 saturated carbocycles. The second-order valence-electron chi connectivity index (χ2n) is 4.05. The van der Waals surface area contributed by atoms with Crippen molar-refractivity contribution in [1.82, 2.24) is 0 Å². The lowest BCUT2D eigenvalue weighted by Gasteiger charge is -2.17. The van der Waals surface area contributed by atoms with Crippen molar-refractivity contribution >= 4 is 5.71 Å². The van der Waals surface area contributed by atoms with Crippen LogP contribution in [0.4, 0.5) is 0 Å². The fourth-order valence-corrected chi connectivity index (χ4v) is 1.02. The van der Waals surface area contributed by atoms with Crippen LogP contribution in [-0.2, 0) is 0 Å². The first-order valence-electron chi connectivity index (χ1n) is 4.82. The van der Waals surface area contributed by atoms with Crippen molar-refractivity contribution in [1.29, 1.82) is 0 Å². The molecule has 0 rings (SSSR count). The number of aliphatic imine (C=N–C) groups is 1. The molecule has 0 aromatic carbocycles. The minimum absolute atomic E-state index is 0.144. The van der Waals surface area contributed by atoms with E-state index in [0.717, 1.165) is 12.1 Å². The molecule has 0 heterocycles. The van der Waals surface area contributed by atoms with E-state index in [-0.39, 0.29) is 5.41 Å². The van der Waals surface area contributed by atoms with Crippen molar-refractivity contribution in [2.45, 2.75) is 34.1 Å². The molecule has 0 aliphatic carbocycles. The van der Waals surface area contributed by atoms with Gasteiger partial charge in [-0.15, -0.1) is 0 Å². The van der Waals surface area contributed by atoms with Gasteiger partial charge in [-0.3, -0.25) is 4.99 Å². The molecule has 0 aliphatic rings. The molecule has 0 N–H and O–H groups in total. The molecule has 0 radical (unpaired) electrons.